The molecule has 0 saturated heterocycles. The van der Waals surface area contributed by atoms with Crippen molar-refractivity contribution < 1.29 is 23.5 Å². The molecule has 0 spiro atoms. The SMILES string of the molecule is O=C(NCC1(C(=O)O)CC1)Nc1ccccc1SC(F)F. The van der Waals surface area contributed by atoms with E-state index in [1.165, 1.54) is 12.1 Å². The molecule has 8 heteroatoms. The van der Waals surface area contributed by atoms with E-state index in [-0.39, 0.29) is 17.1 Å². The molecule has 1 aliphatic carbocycles. The Morgan fingerprint density at radius 1 is 1.33 bits per heavy atom. The van der Waals surface area contributed by atoms with Crippen molar-refractivity contribution in [1.29, 1.82) is 0 Å². The number of para-hydroxylation sites is 1. The van der Waals surface area contributed by atoms with Crippen LogP contribution < -0.4 is 10.6 Å². The van der Waals surface area contributed by atoms with Crippen LogP contribution in [0.2, 0.25) is 0 Å². The Hall–Kier alpha value is -1.83. The van der Waals surface area contributed by atoms with Gasteiger partial charge >= 0.3 is 12.0 Å². The summed E-state index contributed by atoms with van der Waals surface area (Å²) in [6.07, 6.45) is 1.06. The summed E-state index contributed by atoms with van der Waals surface area (Å²) < 4.78 is 24.8. The molecule has 2 rings (SSSR count). The van der Waals surface area contributed by atoms with Crippen LogP contribution in [0.5, 0.6) is 0 Å². The number of carbonyl (C=O) groups excluding carboxylic acids is 1. The summed E-state index contributed by atoms with van der Waals surface area (Å²) >= 11 is 0.338. The van der Waals surface area contributed by atoms with Gasteiger partial charge in [-0.15, -0.1) is 0 Å². The maximum atomic E-state index is 12.4. The smallest absolute Gasteiger partial charge is 0.319 e. The topological polar surface area (TPSA) is 78.4 Å². The van der Waals surface area contributed by atoms with Crippen molar-refractivity contribution in [3.63, 3.8) is 0 Å². The largest absolute Gasteiger partial charge is 0.481 e. The van der Waals surface area contributed by atoms with Crippen molar-refractivity contribution in [1.82, 2.24) is 5.32 Å². The summed E-state index contributed by atoms with van der Waals surface area (Å²) in [5.74, 6) is -3.52. The number of anilines is 1. The first-order valence-corrected chi connectivity index (χ1v) is 7.13. The average molecular weight is 316 g/mol. The second-order valence-corrected chi connectivity index (χ2v) is 5.80. The zero-order chi connectivity index (χ0) is 15.5. The van der Waals surface area contributed by atoms with Gasteiger partial charge in [0.2, 0.25) is 0 Å². The maximum Gasteiger partial charge on any atom is 0.319 e. The van der Waals surface area contributed by atoms with Gasteiger partial charge in [0.25, 0.3) is 5.76 Å². The average Bonchev–Trinajstić information content (AvgIpc) is 3.19. The number of aliphatic carboxylic acids is 1. The lowest BCUT2D eigenvalue weighted by atomic mass is 10.1. The van der Waals surface area contributed by atoms with Crippen LogP contribution in [0.15, 0.2) is 29.2 Å². The third kappa shape index (κ3) is 4.07. The molecule has 0 radical (unpaired) electrons. The molecule has 0 aliphatic heterocycles. The van der Waals surface area contributed by atoms with E-state index in [1.807, 2.05) is 0 Å². The highest BCUT2D eigenvalue weighted by Gasteiger charge is 2.50. The Morgan fingerprint density at radius 3 is 2.57 bits per heavy atom. The standard InChI is InChI=1S/C13H14F2N2O3S/c14-11(15)21-9-4-2-1-3-8(9)17-12(20)16-7-13(5-6-13)10(18)19/h1-4,11H,5-7H2,(H,18,19)(H2,16,17,20). The second-order valence-electron chi connectivity index (χ2n) is 4.77. The van der Waals surface area contributed by atoms with Gasteiger partial charge in [0.15, 0.2) is 0 Å². The van der Waals surface area contributed by atoms with E-state index in [0.29, 0.717) is 24.6 Å². The Bertz CT molecular complexity index is 550. The van der Waals surface area contributed by atoms with Crippen LogP contribution in [0.4, 0.5) is 19.3 Å². The summed E-state index contributed by atoms with van der Waals surface area (Å²) in [5, 5.41) is 13.9. The molecule has 0 aromatic heterocycles. The van der Waals surface area contributed by atoms with Crippen LogP contribution in [0.25, 0.3) is 0 Å². The second kappa shape index (κ2) is 6.30. The Morgan fingerprint density at radius 2 is 2.00 bits per heavy atom. The van der Waals surface area contributed by atoms with Crippen LogP contribution in [0.1, 0.15) is 12.8 Å². The van der Waals surface area contributed by atoms with Crippen LogP contribution >= 0.6 is 11.8 Å². The Balaban J connectivity index is 1.92. The number of carboxylic acid groups (broad SMARTS) is 1. The highest BCUT2D eigenvalue weighted by atomic mass is 32.2. The van der Waals surface area contributed by atoms with Crippen molar-refractivity contribution in [3.8, 4) is 0 Å². The minimum atomic E-state index is -2.59. The fourth-order valence-electron chi connectivity index (χ4n) is 1.80. The number of nitrogens with one attached hydrogen (secondary N) is 2. The van der Waals surface area contributed by atoms with Gasteiger partial charge in [0, 0.05) is 11.4 Å². The van der Waals surface area contributed by atoms with E-state index < -0.39 is 23.2 Å². The summed E-state index contributed by atoms with van der Waals surface area (Å²) in [5.41, 5.74) is -0.602. The van der Waals surface area contributed by atoms with Gasteiger partial charge in [-0.05, 0) is 25.0 Å². The lowest BCUT2D eigenvalue weighted by molar-refractivity contribution is -0.143. The maximum absolute atomic E-state index is 12.4. The number of halogens is 2. The highest BCUT2D eigenvalue weighted by molar-refractivity contribution is 7.99. The van der Waals surface area contributed by atoms with E-state index in [4.69, 9.17) is 5.11 Å². The predicted octanol–water partition coefficient (Wildman–Crippen LogP) is 2.99. The number of hydrogen-bond acceptors (Lipinski definition) is 3. The molecule has 0 heterocycles. The van der Waals surface area contributed by atoms with E-state index in [2.05, 4.69) is 10.6 Å². The van der Waals surface area contributed by atoms with Gasteiger partial charge in [-0.1, -0.05) is 23.9 Å². The molecule has 21 heavy (non-hydrogen) atoms. The number of hydrogen-bond donors (Lipinski definition) is 3. The zero-order valence-corrected chi connectivity index (χ0v) is 11.8. The molecular formula is C13H14F2N2O3S. The van der Waals surface area contributed by atoms with Gasteiger partial charge in [-0.2, -0.15) is 8.78 Å². The molecule has 3 N–H and O–H groups in total. The molecule has 1 aromatic carbocycles. The molecule has 1 saturated carbocycles. The molecular weight excluding hydrogens is 302 g/mol. The van der Waals surface area contributed by atoms with Gasteiger partial charge in [-0.3, -0.25) is 4.79 Å². The van der Waals surface area contributed by atoms with Crippen LogP contribution in [0, 0.1) is 5.41 Å². The molecule has 0 bridgehead atoms. The van der Waals surface area contributed by atoms with Gasteiger partial charge < -0.3 is 15.7 Å². The first-order valence-electron chi connectivity index (χ1n) is 6.25. The van der Waals surface area contributed by atoms with Gasteiger partial charge in [-0.25, -0.2) is 4.79 Å². The lowest BCUT2D eigenvalue weighted by Gasteiger charge is -2.13. The molecule has 0 unspecified atom stereocenters. The van der Waals surface area contributed by atoms with E-state index in [0.717, 1.165) is 0 Å². The molecule has 1 aromatic rings. The third-order valence-electron chi connectivity index (χ3n) is 3.25. The minimum absolute atomic E-state index is 0.0261. The fraction of sp³-hybridized carbons (Fsp3) is 0.385. The molecule has 0 atom stereocenters. The Kier molecular flexibility index (Phi) is 4.66. The van der Waals surface area contributed by atoms with Crippen LogP contribution in [-0.2, 0) is 4.79 Å². The summed E-state index contributed by atoms with van der Waals surface area (Å²) in [4.78, 5) is 23.0. The van der Waals surface area contributed by atoms with Crippen molar-refractivity contribution in [2.45, 2.75) is 23.5 Å². The predicted molar refractivity (Wildman–Crippen MR) is 74.6 cm³/mol. The number of urea groups is 1. The van der Waals surface area contributed by atoms with E-state index in [9.17, 15) is 18.4 Å². The summed E-state index contributed by atoms with van der Waals surface area (Å²) in [6, 6.07) is 5.59. The van der Waals surface area contributed by atoms with E-state index in [1.54, 1.807) is 12.1 Å². The fourth-order valence-corrected chi connectivity index (χ4v) is 2.40. The van der Waals surface area contributed by atoms with Crippen molar-refractivity contribution in [2.24, 2.45) is 5.41 Å². The summed E-state index contributed by atoms with van der Waals surface area (Å²) in [7, 11) is 0. The first-order chi connectivity index (χ1) is 9.93. The van der Waals surface area contributed by atoms with Crippen molar-refractivity contribution >= 4 is 29.4 Å². The molecule has 2 amide bonds. The summed E-state index contributed by atoms with van der Waals surface area (Å²) in [6.45, 7) is 0.0261. The van der Waals surface area contributed by atoms with Crippen LogP contribution in [-0.4, -0.2) is 29.4 Å². The molecule has 5 nitrogen and oxygen atoms in total. The normalized spacial score (nSPS) is 15.6. The number of rotatable bonds is 6. The molecule has 114 valence electrons. The Labute approximate surface area is 124 Å². The molecule has 1 fully saturated rings. The lowest BCUT2D eigenvalue weighted by Crippen LogP contribution is -2.36. The van der Waals surface area contributed by atoms with Crippen molar-refractivity contribution in [3.05, 3.63) is 24.3 Å². The quantitative estimate of drug-likeness (QED) is 0.705. The number of benzene rings is 1. The highest BCUT2D eigenvalue weighted by Crippen LogP contribution is 2.45. The van der Waals surface area contributed by atoms with Gasteiger partial charge in [0.05, 0.1) is 11.1 Å². The number of carbonyl (C=O) groups is 2. The zero-order valence-electron chi connectivity index (χ0n) is 10.9. The van der Waals surface area contributed by atoms with Crippen LogP contribution in [0.3, 0.4) is 0 Å². The van der Waals surface area contributed by atoms with Gasteiger partial charge in [0.1, 0.15) is 0 Å². The third-order valence-corrected chi connectivity index (χ3v) is 4.03. The molecule has 1 aliphatic rings. The first kappa shape index (κ1) is 15.6. The van der Waals surface area contributed by atoms with Crippen molar-refractivity contribution in [2.75, 3.05) is 11.9 Å². The number of amides is 2. The number of carboxylic acids is 1. The number of alkyl halides is 2. The van der Waals surface area contributed by atoms with E-state index >= 15 is 0 Å². The number of thioether (sulfide) groups is 1. The minimum Gasteiger partial charge on any atom is -0.481 e. The monoisotopic (exact) mass is 316 g/mol.